The van der Waals surface area contributed by atoms with E-state index in [9.17, 15) is 29.4 Å². The van der Waals surface area contributed by atoms with Crippen molar-refractivity contribution in [2.75, 3.05) is 6.54 Å². The van der Waals surface area contributed by atoms with E-state index in [0.29, 0.717) is 5.56 Å². The van der Waals surface area contributed by atoms with Gasteiger partial charge in [-0.1, -0.05) is 12.1 Å². The molecule has 0 radical (unpaired) electrons. The molecule has 14 nitrogen and oxygen atoms in total. The van der Waals surface area contributed by atoms with Gasteiger partial charge in [0.05, 0.1) is 12.1 Å². The summed E-state index contributed by atoms with van der Waals surface area (Å²) in [6.45, 7) is 2.74. The van der Waals surface area contributed by atoms with Crippen molar-refractivity contribution in [1.29, 1.82) is 5.41 Å². The number of carboxylic acids is 1. The minimum Gasteiger partial charge on any atom is -0.508 e. The van der Waals surface area contributed by atoms with Crippen molar-refractivity contribution < 1.29 is 34.5 Å². The van der Waals surface area contributed by atoms with Gasteiger partial charge in [0.15, 0.2) is 5.96 Å². The fourth-order valence-corrected chi connectivity index (χ4v) is 3.08. The van der Waals surface area contributed by atoms with Crippen LogP contribution < -0.4 is 32.7 Å². The second kappa shape index (κ2) is 14.5. The molecule has 36 heavy (non-hydrogen) atoms. The molecular formula is C22H35N7O7. The van der Waals surface area contributed by atoms with Gasteiger partial charge in [0, 0.05) is 6.54 Å². The lowest BCUT2D eigenvalue weighted by molar-refractivity contribution is -0.142. The van der Waals surface area contributed by atoms with Crippen molar-refractivity contribution in [3.05, 3.63) is 29.8 Å². The summed E-state index contributed by atoms with van der Waals surface area (Å²) < 4.78 is 0. The summed E-state index contributed by atoms with van der Waals surface area (Å²) in [6.07, 6.45) is -0.925. The number of amides is 3. The average Bonchev–Trinajstić information content (AvgIpc) is 2.79. The third-order valence-corrected chi connectivity index (χ3v) is 5.14. The number of aliphatic hydroxyl groups is 1. The number of nitrogens with one attached hydrogen (secondary N) is 5. The average molecular weight is 510 g/mol. The SMILES string of the molecule is C[C@H](NC(=O)[C@H](CCCNC(=N)N)NC(=O)[C@@H](NC(=O)[C@@H](N)Cc1ccc(O)cc1)[C@@H](C)O)C(=O)O. The van der Waals surface area contributed by atoms with Crippen molar-refractivity contribution in [3.8, 4) is 5.75 Å². The first kappa shape index (κ1) is 30.1. The van der Waals surface area contributed by atoms with Gasteiger partial charge >= 0.3 is 5.97 Å². The van der Waals surface area contributed by atoms with Crippen LogP contribution in [-0.4, -0.2) is 81.8 Å². The highest BCUT2D eigenvalue weighted by atomic mass is 16.4. The first-order chi connectivity index (χ1) is 16.8. The number of carbonyl (C=O) groups excluding carboxylic acids is 3. The summed E-state index contributed by atoms with van der Waals surface area (Å²) in [5, 5.41) is 45.3. The van der Waals surface area contributed by atoms with Gasteiger partial charge < -0.3 is 48.1 Å². The molecule has 0 fully saturated rings. The van der Waals surface area contributed by atoms with Crippen LogP contribution in [0.1, 0.15) is 32.3 Å². The van der Waals surface area contributed by atoms with Gasteiger partial charge in [-0.25, -0.2) is 0 Å². The lowest BCUT2D eigenvalue weighted by Gasteiger charge is -2.26. The van der Waals surface area contributed by atoms with E-state index in [4.69, 9.17) is 22.0 Å². The summed E-state index contributed by atoms with van der Waals surface area (Å²) in [5.41, 5.74) is 11.8. The molecule has 0 saturated carbocycles. The van der Waals surface area contributed by atoms with Crippen LogP contribution in [0, 0.1) is 5.41 Å². The Morgan fingerprint density at radius 1 is 1.00 bits per heavy atom. The van der Waals surface area contributed by atoms with Gasteiger partial charge in [0.2, 0.25) is 17.7 Å². The number of aliphatic hydroxyl groups excluding tert-OH is 1. The molecule has 0 aromatic heterocycles. The zero-order chi connectivity index (χ0) is 27.4. The zero-order valence-electron chi connectivity index (χ0n) is 20.2. The number of rotatable bonds is 14. The van der Waals surface area contributed by atoms with E-state index < -0.39 is 54.0 Å². The standard InChI is InChI=1S/C22H35N7O7/c1-11(21(35)36)27-19(33)16(4-3-9-26-22(24)25)28-20(34)17(12(2)30)29-18(32)15(23)10-13-5-7-14(31)8-6-13/h5-8,11-12,15-17,30-31H,3-4,9-10,23H2,1-2H3,(H,27,33)(H,28,34)(H,29,32)(H,35,36)(H4,24,25,26)/t11-,12+,15-,16-,17-/m0/s1. The molecule has 1 aromatic rings. The number of phenolic OH excluding ortho intramolecular Hbond substituents is 1. The van der Waals surface area contributed by atoms with Gasteiger partial charge in [-0.15, -0.1) is 0 Å². The molecule has 0 unspecified atom stereocenters. The number of aromatic hydroxyl groups is 1. The predicted molar refractivity (Wildman–Crippen MR) is 130 cm³/mol. The number of hydrogen-bond donors (Lipinski definition) is 10. The number of phenols is 1. The second-order valence-electron chi connectivity index (χ2n) is 8.32. The molecule has 0 heterocycles. The van der Waals surface area contributed by atoms with Gasteiger partial charge in [0.25, 0.3) is 0 Å². The van der Waals surface area contributed by atoms with E-state index in [1.807, 2.05) is 0 Å². The Kier molecular flexibility index (Phi) is 12.1. The van der Waals surface area contributed by atoms with Crippen molar-refractivity contribution in [2.24, 2.45) is 11.5 Å². The highest BCUT2D eigenvalue weighted by Crippen LogP contribution is 2.11. The Balaban J connectivity index is 2.88. The number of nitrogens with two attached hydrogens (primary N) is 2. The maximum Gasteiger partial charge on any atom is 0.325 e. The van der Waals surface area contributed by atoms with Crippen molar-refractivity contribution in [2.45, 2.75) is 63.4 Å². The van der Waals surface area contributed by atoms with Crippen LogP contribution in [0.4, 0.5) is 0 Å². The maximum atomic E-state index is 12.9. The minimum absolute atomic E-state index is 0.0467. The Labute approximate surface area is 208 Å². The Hall–Kier alpha value is -3.91. The van der Waals surface area contributed by atoms with E-state index in [2.05, 4.69) is 21.3 Å². The van der Waals surface area contributed by atoms with Gasteiger partial charge in [-0.2, -0.15) is 0 Å². The summed E-state index contributed by atoms with van der Waals surface area (Å²) in [6, 6.07) is 1.10. The van der Waals surface area contributed by atoms with Crippen molar-refractivity contribution >= 4 is 29.7 Å². The highest BCUT2D eigenvalue weighted by molar-refractivity contribution is 5.94. The normalized spacial score (nSPS) is 14.9. The number of carboxylic acid groups (broad SMARTS) is 1. The molecule has 0 spiro atoms. The molecule has 5 atom stereocenters. The summed E-state index contributed by atoms with van der Waals surface area (Å²) >= 11 is 0. The first-order valence-corrected chi connectivity index (χ1v) is 11.2. The molecule has 0 saturated heterocycles. The van der Waals surface area contributed by atoms with Crippen LogP contribution in [0.5, 0.6) is 5.75 Å². The molecule has 12 N–H and O–H groups in total. The fourth-order valence-electron chi connectivity index (χ4n) is 3.08. The Bertz CT molecular complexity index is 924. The quantitative estimate of drug-likeness (QED) is 0.0714. The fraction of sp³-hybridized carbons (Fsp3) is 0.500. The molecule has 1 rings (SSSR count). The highest BCUT2D eigenvalue weighted by Gasteiger charge is 2.31. The van der Waals surface area contributed by atoms with Crippen LogP contribution in [-0.2, 0) is 25.6 Å². The number of hydrogen-bond acceptors (Lipinski definition) is 8. The number of guanidine groups is 1. The van der Waals surface area contributed by atoms with E-state index in [0.717, 1.165) is 0 Å². The lowest BCUT2D eigenvalue weighted by atomic mass is 10.0. The Morgan fingerprint density at radius 2 is 1.61 bits per heavy atom. The van der Waals surface area contributed by atoms with E-state index in [-0.39, 0.29) is 37.5 Å². The molecule has 0 aliphatic carbocycles. The van der Waals surface area contributed by atoms with Crippen LogP contribution >= 0.6 is 0 Å². The predicted octanol–water partition coefficient (Wildman–Crippen LogP) is -2.54. The molecule has 0 bridgehead atoms. The van der Waals surface area contributed by atoms with Crippen LogP contribution in [0.3, 0.4) is 0 Å². The monoisotopic (exact) mass is 509 g/mol. The summed E-state index contributed by atoms with van der Waals surface area (Å²) in [7, 11) is 0. The molecule has 0 aliphatic rings. The molecular weight excluding hydrogens is 474 g/mol. The second-order valence-corrected chi connectivity index (χ2v) is 8.32. The van der Waals surface area contributed by atoms with E-state index in [1.165, 1.54) is 26.0 Å². The minimum atomic E-state index is -1.45. The topological polar surface area (TPSA) is 253 Å². The lowest BCUT2D eigenvalue weighted by Crippen LogP contribution is -2.59. The Morgan fingerprint density at radius 3 is 2.14 bits per heavy atom. The molecule has 14 heteroatoms. The maximum absolute atomic E-state index is 12.9. The van der Waals surface area contributed by atoms with Crippen molar-refractivity contribution in [3.63, 3.8) is 0 Å². The molecule has 1 aromatic carbocycles. The number of carbonyl (C=O) groups is 4. The molecule has 0 aliphatic heterocycles. The third kappa shape index (κ3) is 10.6. The largest absolute Gasteiger partial charge is 0.508 e. The zero-order valence-corrected chi connectivity index (χ0v) is 20.2. The number of benzene rings is 1. The summed E-state index contributed by atoms with van der Waals surface area (Å²) in [5.74, 6) is -3.88. The van der Waals surface area contributed by atoms with Crippen molar-refractivity contribution in [1.82, 2.24) is 21.3 Å². The summed E-state index contributed by atoms with van der Waals surface area (Å²) in [4.78, 5) is 49.2. The van der Waals surface area contributed by atoms with Gasteiger partial charge in [-0.3, -0.25) is 24.6 Å². The molecule has 200 valence electrons. The smallest absolute Gasteiger partial charge is 0.325 e. The third-order valence-electron chi connectivity index (χ3n) is 5.14. The van der Waals surface area contributed by atoms with Gasteiger partial charge in [-0.05, 0) is 50.8 Å². The van der Waals surface area contributed by atoms with Crippen LogP contribution in [0.25, 0.3) is 0 Å². The van der Waals surface area contributed by atoms with E-state index >= 15 is 0 Å². The van der Waals surface area contributed by atoms with E-state index in [1.54, 1.807) is 12.1 Å². The van der Waals surface area contributed by atoms with Gasteiger partial charge in [0.1, 0.15) is 23.9 Å². The van der Waals surface area contributed by atoms with Crippen LogP contribution in [0.2, 0.25) is 0 Å². The first-order valence-electron chi connectivity index (χ1n) is 11.2. The molecule has 3 amide bonds. The van der Waals surface area contributed by atoms with Crippen LogP contribution in [0.15, 0.2) is 24.3 Å². The number of aliphatic carboxylic acids is 1.